The fourth-order valence-corrected chi connectivity index (χ4v) is 4.07. The zero-order valence-electron chi connectivity index (χ0n) is 12.7. The second-order valence-corrected chi connectivity index (χ2v) is 6.20. The van der Waals surface area contributed by atoms with Crippen molar-refractivity contribution < 1.29 is 4.74 Å². The molecule has 0 aromatic heterocycles. The monoisotopic (exact) mass is 315 g/mol. The van der Waals surface area contributed by atoms with E-state index in [1.807, 2.05) is 11.8 Å². The van der Waals surface area contributed by atoms with Gasteiger partial charge in [-0.1, -0.05) is 19.9 Å². The largest absolute Gasteiger partial charge is 0.496 e. The van der Waals surface area contributed by atoms with E-state index in [9.17, 15) is 0 Å². The highest BCUT2D eigenvalue weighted by Gasteiger charge is 2.25. The van der Waals surface area contributed by atoms with Gasteiger partial charge in [-0.25, -0.2) is 0 Å². The number of ether oxygens (including phenoxy) is 1. The van der Waals surface area contributed by atoms with Crippen molar-refractivity contribution in [1.29, 1.82) is 0 Å². The molecule has 0 aliphatic carbocycles. The number of methoxy groups -OCH3 is 1. The molecule has 1 atom stereocenters. The molecule has 0 spiro atoms. The number of hydrogen-bond donors (Lipinski definition) is 0. The smallest absolute Gasteiger partial charge is 0.123 e. The lowest BCUT2D eigenvalue weighted by atomic mass is 10.0. The topological polar surface area (TPSA) is 12.5 Å². The molecule has 0 fully saturated rings. The van der Waals surface area contributed by atoms with Crippen molar-refractivity contribution in [3.63, 3.8) is 0 Å². The van der Waals surface area contributed by atoms with Crippen LogP contribution in [0.3, 0.4) is 0 Å². The molecule has 1 heterocycles. The van der Waals surface area contributed by atoms with Gasteiger partial charge in [0.2, 0.25) is 0 Å². The van der Waals surface area contributed by atoms with Crippen LogP contribution in [0.1, 0.15) is 32.3 Å². The van der Waals surface area contributed by atoms with Gasteiger partial charge >= 0.3 is 0 Å². The lowest BCUT2D eigenvalue weighted by molar-refractivity contribution is 0.208. The van der Waals surface area contributed by atoms with Crippen molar-refractivity contribution in [2.75, 3.05) is 26.0 Å². The van der Waals surface area contributed by atoms with E-state index in [-0.39, 0.29) is 12.4 Å². The number of fused-ring (bicyclic) bond motifs is 1. The van der Waals surface area contributed by atoms with Crippen LogP contribution in [0.15, 0.2) is 23.1 Å². The van der Waals surface area contributed by atoms with Crippen LogP contribution < -0.4 is 4.74 Å². The number of rotatable bonds is 6. The molecule has 0 N–H and O–H groups in total. The van der Waals surface area contributed by atoms with Crippen molar-refractivity contribution >= 4 is 24.2 Å². The maximum Gasteiger partial charge on any atom is 0.123 e. The summed E-state index contributed by atoms with van der Waals surface area (Å²) in [6.45, 7) is 6.97. The second-order valence-electron chi connectivity index (χ2n) is 5.14. The maximum atomic E-state index is 5.53. The van der Waals surface area contributed by atoms with Gasteiger partial charge in [-0.15, -0.1) is 24.2 Å². The van der Waals surface area contributed by atoms with E-state index in [1.165, 1.54) is 42.1 Å². The van der Waals surface area contributed by atoms with Crippen LogP contribution in [0.2, 0.25) is 0 Å². The van der Waals surface area contributed by atoms with Crippen LogP contribution in [-0.2, 0) is 6.42 Å². The summed E-state index contributed by atoms with van der Waals surface area (Å²) in [6, 6.07) is 7.07. The summed E-state index contributed by atoms with van der Waals surface area (Å²) in [7, 11) is 1.78. The number of hydrogen-bond acceptors (Lipinski definition) is 3. The van der Waals surface area contributed by atoms with Gasteiger partial charge in [0.05, 0.1) is 7.11 Å². The predicted octanol–water partition coefficient (Wildman–Crippen LogP) is 4.26. The Morgan fingerprint density at radius 2 is 1.95 bits per heavy atom. The standard InChI is InChI=1S/C16H25NOS.ClH/c1-4-9-17(10-5-2)13-11-14-15(18-3)7-6-8-16(14)19-12-13;/h6-8,13H,4-5,9-12H2,1-3H3;1H. The van der Waals surface area contributed by atoms with Gasteiger partial charge in [0.15, 0.2) is 0 Å². The summed E-state index contributed by atoms with van der Waals surface area (Å²) in [5, 5.41) is 0. The van der Waals surface area contributed by atoms with Gasteiger partial charge in [0.1, 0.15) is 5.75 Å². The molecule has 1 aromatic carbocycles. The molecular formula is C16H26ClNOS. The SMILES string of the molecule is CCCN(CCC)C1CSc2cccc(OC)c2C1.Cl. The fourth-order valence-electron chi connectivity index (χ4n) is 2.84. The summed E-state index contributed by atoms with van der Waals surface area (Å²) >= 11 is 1.98. The van der Waals surface area contributed by atoms with Crippen molar-refractivity contribution in [2.24, 2.45) is 0 Å². The highest BCUT2D eigenvalue weighted by Crippen LogP contribution is 2.37. The zero-order chi connectivity index (χ0) is 13.7. The lowest BCUT2D eigenvalue weighted by Gasteiger charge is -2.35. The first-order chi connectivity index (χ1) is 9.30. The maximum absolute atomic E-state index is 5.53. The van der Waals surface area contributed by atoms with Gasteiger partial charge in [0, 0.05) is 22.3 Å². The highest BCUT2D eigenvalue weighted by atomic mass is 35.5. The third-order valence-corrected chi connectivity index (χ3v) is 4.96. The summed E-state index contributed by atoms with van der Waals surface area (Å²) in [6.07, 6.45) is 3.60. The van der Waals surface area contributed by atoms with Crippen LogP contribution in [-0.4, -0.2) is 36.9 Å². The van der Waals surface area contributed by atoms with E-state index in [0.29, 0.717) is 6.04 Å². The Hall–Kier alpha value is -0.380. The van der Waals surface area contributed by atoms with Gasteiger partial charge in [-0.05, 0) is 44.5 Å². The first kappa shape index (κ1) is 17.7. The summed E-state index contributed by atoms with van der Waals surface area (Å²) < 4.78 is 5.53. The van der Waals surface area contributed by atoms with Gasteiger partial charge in [-0.3, -0.25) is 4.90 Å². The number of nitrogens with zero attached hydrogens (tertiary/aromatic N) is 1. The minimum Gasteiger partial charge on any atom is -0.496 e. The fraction of sp³-hybridized carbons (Fsp3) is 0.625. The molecule has 4 heteroatoms. The zero-order valence-corrected chi connectivity index (χ0v) is 14.4. The highest BCUT2D eigenvalue weighted by molar-refractivity contribution is 7.99. The normalized spacial score (nSPS) is 17.5. The van der Waals surface area contributed by atoms with E-state index < -0.39 is 0 Å². The molecule has 1 aromatic rings. The Kier molecular flexibility index (Phi) is 7.78. The first-order valence-electron chi connectivity index (χ1n) is 7.32. The molecule has 2 nitrogen and oxygen atoms in total. The van der Waals surface area contributed by atoms with Crippen molar-refractivity contribution in [3.8, 4) is 5.75 Å². The summed E-state index contributed by atoms with van der Waals surface area (Å²) in [4.78, 5) is 4.06. The lowest BCUT2D eigenvalue weighted by Crippen LogP contribution is -2.41. The number of thioether (sulfide) groups is 1. The Morgan fingerprint density at radius 1 is 1.25 bits per heavy atom. The molecular weight excluding hydrogens is 290 g/mol. The van der Waals surface area contributed by atoms with E-state index in [0.717, 1.165) is 12.2 Å². The molecule has 0 bridgehead atoms. The van der Waals surface area contributed by atoms with Crippen LogP contribution in [0, 0.1) is 0 Å². The molecule has 1 aliphatic rings. The third kappa shape index (κ3) is 4.06. The molecule has 0 saturated carbocycles. The molecule has 1 aliphatic heterocycles. The first-order valence-corrected chi connectivity index (χ1v) is 8.31. The van der Waals surface area contributed by atoms with Crippen LogP contribution in [0.25, 0.3) is 0 Å². The molecule has 0 saturated heterocycles. The van der Waals surface area contributed by atoms with Crippen molar-refractivity contribution in [2.45, 2.75) is 44.0 Å². The van der Waals surface area contributed by atoms with Crippen LogP contribution >= 0.6 is 24.2 Å². The van der Waals surface area contributed by atoms with Crippen LogP contribution in [0.4, 0.5) is 0 Å². The number of benzene rings is 1. The quantitative estimate of drug-likeness (QED) is 0.778. The van der Waals surface area contributed by atoms with Gasteiger partial charge in [-0.2, -0.15) is 0 Å². The summed E-state index contributed by atoms with van der Waals surface area (Å²) in [5.74, 6) is 2.27. The Labute approximate surface area is 133 Å². The molecule has 1 unspecified atom stereocenters. The number of halogens is 1. The minimum absolute atomic E-state index is 0. The van der Waals surface area contributed by atoms with Crippen LogP contribution in [0.5, 0.6) is 5.75 Å². The average molecular weight is 316 g/mol. The molecule has 0 amide bonds. The van der Waals surface area contributed by atoms with E-state index in [4.69, 9.17) is 4.74 Å². The van der Waals surface area contributed by atoms with Gasteiger partial charge in [0.25, 0.3) is 0 Å². The van der Waals surface area contributed by atoms with E-state index in [1.54, 1.807) is 7.11 Å². The second kappa shape index (κ2) is 8.81. The molecule has 0 radical (unpaired) electrons. The van der Waals surface area contributed by atoms with E-state index >= 15 is 0 Å². The Bertz CT molecular complexity index is 393. The minimum atomic E-state index is 0. The molecule has 114 valence electrons. The molecule has 20 heavy (non-hydrogen) atoms. The van der Waals surface area contributed by atoms with Crippen molar-refractivity contribution in [1.82, 2.24) is 4.90 Å². The van der Waals surface area contributed by atoms with Gasteiger partial charge < -0.3 is 4.74 Å². The Balaban J connectivity index is 0.00000200. The summed E-state index contributed by atoms with van der Waals surface area (Å²) in [5.41, 5.74) is 1.41. The Morgan fingerprint density at radius 3 is 2.55 bits per heavy atom. The third-order valence-electron chi connectivity index (χ3n) is 3.72. The predicted molar refractivity (Wildman–Crippen MR) is 90.6 cm³/mol. The van der Waals surface area contributed by atoms with Crippen molar-refractivity contribution in [3.05, 3.63) is 23.8 Å². The molecule has 2 rings (SSSR count). The van der Waals surface area contributed by atoms with E-state index in [2.05, 4.69) is 36.9 Å². The average Bonchev–Trinajstić information content (AvgIpc) is 2.46.